The Balaban J connectivity index is 2.17. The highest BCUT2D eigenvalue weighted by atomic mass is 14.1. The van der Waals surface area contributed by atoms with Crippen LogP contribution in [0.2, 0.25) is 0 Å². The maximum absolute atomic E-state index is 4.33. The van der Waals surface area contributed by atoms with Crippen molar-refractivity contribution >= 4 is 16.3 Å². The van der Waals surface area contributed by atoms with Gasteiger partial charge in [0.1, 0.15) is 0 Å². The lowest BCUT2D eigenvalue weighted by Crippen LogP contribution is -1.90. The second kappa shape index (κ2) is 4.97. The molecule has 0 spiro atoms. The number of benzene rings is 3. The molecule has 0 saturated heterocycles. The monoisotopic (exact) mass is 258 g/mol. The summed E-state index contributed by atoms with van der Waals surface area (Å²) in [5.41, 5.74) is 6.07. The normalized spacial score (nSPS) is 10.7. The number of hydrogen-bond donors (Lipinski definition) is 0. The topological polar surface area (TPSA) is 0 Å². The molecular weight excluding hydrogens is 240 g/mol. The van der Waals surface area contributed by atoms with Gasteiger partial charge in [0, 0.05) is 0 Å². The molecule has 0 aliphatic carbocycles. The Bertz CT molecular complexity index is 768. The van der Waals surface area contributed by atoms with Crippen LogP contribution < -0.4 is 0 Å². The van der Waals surface area contributed by atoms with Gasteiger partial charge in [-0.05, 0) is 41.3 Å². The molecule has 0 atom stereocenters. The summed E-state index contributed by atoms with van der Waals surface area (Å²) in [6, 6.07) is 21.5. The third-order valence-corrected chi connectivity index (χ3v) is 3.68. The Morgan fingerprint density at radius 3 is 2.20 bits per heavy atom. The van der Waals surface area contributed by atoms with Gasteiger partial charge in [0.15, 0.2) is 0 Å². The van der Waals surface area contributed by atoms with Crippen LogP contribution in [0.4, 0.5) is 0 Å². The fraction of sp³-hybridized carbons (Fsp3) is 0.100. The molecule has 0 heteroatoms. The molecule has 0 amide bonds. The number of fused-ring (bicyclic) bond motifs is 1. The Morgan fingerprint density at radius 1 is 0.800 bits per heavy atom. The average Bonchev–Trinajstić information content (AvgIpc) is 2.45. The minimum Gasteiger partial charge on any atom is -0.0905 e. The van der Waals surface area contributed by atoms with Crippen LogP contribution in [0.25, 0.3) is 16.3 Å². The molecule has 0 nitrogen and oxygen atoms in total. The van der Waals surface area contributed by atoms with E-state index in [0.29, 0.717) is 0 Å². The molecule has 98 valence electrons. The van der Waals surface area contributed by atoms with Crippen molar-refractivity contribution in [3.8, 4) is 0 Å². The smallest absolute Gasteiger partial charge is 0.0105 e. The highest BCUT2D eigenvalue weighted by Gasteiger charge is 2.07. The first-order chi connectivity index (χ1) is 9.65. The predicted octanol–water partition coefficient (Wildman–Crippen LogP) is 5.52. The van der Waals surface area contributed by atoms with Gasteiger partial charge in [0.25, 0.3) is 0 Å². The van der Waals surface area contributed by atoms with E-state index >= 15 is 0 Å². The molecule has 0 aliphatic rings. The van der Waals surface area contributed by atoms with Gasteiger partial charge in [-0.1, -0.05) is 78.4 Å². The highest BCUT2D eigenvalue weighted by Crippen LogP contribution is 2.29. The van der Waals surface area contributed by atoms with Gasteiger partial charge >= 0.3 is 0 Å². The predicted molar refractivity (Wildman–Crippen MR) is 88.0 cm³/mol. The summed E-state index contributed by atoms with van der Waals surface area (Å²) in [5.74, 6) is 0. The van der Waals surface area contributed by atoms with Gasteiger partial charge in [-0.3, -0.25) is 0 Å². The van der Waals surface area contributed by atoms with E-state index in [-0.39, 0.29) is 0 Å². The lowest BCUT2D eigenvalue weighted by atomic mass is 9.93. The SMILES string of the molecule is C=C(c1cc(C)cc(C)c1)c1cccc2ccccc12. The van der Waals surface area contributed by atoms with Crippen molar-refractivity contribution in [3.05, 3.63) is 89.5 Å². The molecule has 0 aliphatic heterocycles. The molecule has 0 saturated carbocycles. The first-order valence-electron chi connectivity index (χ1n) is 6.91. The van der Waals surface area contributed by atoms with E-state index in [9.17, 15) is 0 Å². The Morgan fingerprint density at radius 2 is 1.45 bits per heavy atom. The van der Waals surface area contributed by atoms with Crippen LogP contribution in [0, 0.1) is 13.8 Å². The lowest BCUT2D eigenvalue weighted by Gasteiger charge is -2.11. The standard InChI is InChI=1S/C20H18/c1-14-11-15(2)13-18(12-14)16(3)19-10-6-8-17-7-4-5-9-20(17)19/h4-13H,3H2,1-2H3. The summed E-state index contributed by atoms with van der Waals surface area (Å²) in [6.45, 7) is 8.59. The molecule has 3 aromatic carbocycles. The van der Waals surface area contributed by atoms with Crippen molar-refractivity contribution in [2.45, 2.75) is 13.8 Å². The maximum Gasteiger partial charge on any atom is -0.0105 e. The number of aryl methyl sites for hydroxylation is 2. The summed E-state index contributed by atoms with van der Waals surface area (Å²) in [7, 11) is 0. The van der Waals surface area contributed by atoms with Gasteiger partial charge in [-0.15, -0.1) is 0 Å². The zero-order chi connectivity index (χ0) is 14.1. The van der Waals surface area contributed by atoms with Crippen LogP contribution in [0.5, 0.6) is 0 Å². The van der Waals surface area contributed by atoms with E-state index in [1.54, 1.807) is 0 Å². The molecule has 20 heavy (non-hydrogen) atoms. The summed E-state index contributed by atoms with van der Waals surface area (Å²) in [4.78, 5) is 0. The molecule has 0 aromatic heterocycles. The number of rotatable bonds is 2. The lowest BCUT2D eigenvalue weighted by molar-refractivity contribution is 1.36. The van der Waals surface area contributed by atoms with Gasteiger partial charge in [-0.25, -0.2) is 0 Å². The number of hydrogen-bond acceptors (Lipinski definition) is 0. The van der Waals surface area contributed by atoms with Crippen LogP contribution in [0.3, 0.4) is 0 Å². The minimum atomic E-state index is 1.09. The molecule has 0 bridgehead atoms. The van der Waals surface area contributed by atoms with Crippen molar-refractivity contribution in [3.63, 3.8) is 0 Å². The molecule has 0 heterocycles. The van der Waals surface area contributed by atoms with Gasteiger partial charge in [0.05, 0.1) is 0 Å². The van der Waals surface area contributed by atoms with E-state index in [0.717, 1.165) is 5.57 Å². The molecule has 0 N–H and O–H groups in total. The molecule has 3 rings (SSSR count). The van der Waals surface area contributed by atoms with Crippen molar-refractivity contribution in [1.82, 2.24) is 0 Å². The van der Waals surface area contributed by atoms with Crippen LogP contribution in [-0.2, 0) is 0 Å². The molecule has 0 unspecified atom stereocenters. The maximum atomic E-state index is 4.33. The Kier molecular flexibility index (Phi) is 3.15. The van der Waals surface area contributed by atoms with Crippen LogP contribution in [0.1, 0.15) is 22.3 Å². The summed E-state index contributed by atoms with van der Waals surface area (Å²) in [6.07, 6.45) is 0. The minimum absolute atomic E-state index is 1.09. The first kappa shape index (κ1) is 12.7. The van der Waals surface area contributed by atoms with Crippen LogP contribution >= 0.6 is 0 Å². The van der Waals surface area contributed by atoms with E-state index in [1.807, 2.05) is 0 Å². The molecule has 0 fully saturated rings. The van der Waals surface area contributed by atoms with Gasteiger partial charge < -0.3 is 0 Å². The van der Waals surface area contributed by atoms with Crippen molar-refractivity contribution < 1.29 is 0 Å². The fourth-order valence-corrected chi connectivity index (χ4v) is 2.79. The molecular formula is C20H18. The Labute approximate surface area is 120 Å². The van der Waals surface area contributed by atoms with Crippen molar-refractivity contribution in [2.75, 3.05) is 0 Å². The third kappa shape index (κ3) is 2.25. The average molecular weight is 258 g/mol. The van der Waals surface area contributed by atoms with Gasteiger partial charge in [0.2, 0.25) is 0 Å². The summed E-state index contributed by atoms with van der Waals surface area (Å²) < 4.78 is 0. The fourth-order valence-electron chi connectivity index (χ4n) is 2.79. The van der Waals surface area contributed by atoms with Gasteiger partial charge in [-0.2, -0.15) is 0 Å². The summed E-state index contributed by atoms with van der Waals surface area (Å²) in [5, 5.41) is 2.52. The van der Waals surface area contributed by atoms with Crippen LogP contribution in [0.15, 0.2) is 67.2 Å². The van der Waals surface area contributed by atoms with E-state index in [4.69, 9.17) is 0 Å². The highest BCUT2D eigenvalue weighted by molar-refractivity contribution is 5.97. The first-order valence-corrected chi connectivity index (χ1v) is 6.91. The third-order valence-electron chi connectivity index (χ3n) is 3.68. The second-order valence-corrected chi connectivity index (χ2v) is 5.38. The van der Waals surface area contributed by atoms with Crippen molar-refractivity contribution in [2.24, 2.45) is 0 Å². The largest absolute Gasteiger partial charge is 0.0905 e. The zero-order valence-corrected chi connectivity index (χ0v) is 12.0. The zero-order valence-electron chi connectivity index (χ0n) is 12.0. The van der Waals surface area contributed by atoms with Crippen molar-refractivity contribution in [1.29, 1.82) is 0 Å². The van der Waals surface area contributed by atoms with E-state index in [1.165, 1.54) is 33.0 Å². The second-order valence-electron chi connectivity index (χ2n) is 5.38. The summed E-state index contributed by atoms with van der Waals surface area (Å²) >= 11 is 0. The van der Waals surface area contributed by atoms with Crippen LogP contribution in [-0.4, -0.2) is 0 Å². The quantitative estimate of drug-likeness (QED) is 0.568. The van der Waals surface area contributed by atoms with E-state index < -0.39 is 0 Å². The molecule has 3 aromatic rings. The van der Waals surface area contributed by atoms with E-state index in [2.05, 4.69) is 81.1 Å². The Hall–Kier alpha value is -2.34. The molecule has 0 radical (unpaired) electrons.